The van der Waals surface area contributed by atoms with Crippen LogP contribution in [0, 0.1) is 0 Å². The lowest BCUT2D eigenvalue weighted by molar-refractivity contribution is 0.0594. The highest BCUT2D eigenvalue weighted by atomic mass is 16.5. The first kappa shape index (κ1) is 12.0. The monoisotopic (exact) mass is 244 g/mol. The Morgan fingerprint density at radius 3 is 2.89 bits per heavy atom. The fourth-order valence-electron chi connectivity index (χ4n) is 1.33. The van der Waals surface area contributed by atoms with Gasteiger partial charge in [0.1, 0.15) is 0 Å². The van der Waals surface area contributed by atoms with Crippen LogP contribution in [0.4, 0.5) is 5.95 Å². The molecule has 0 atom stereocenters. The molecule has 6 heteroatoms. The Labute approximate surface area is 104 Å². The Balaban J connectivity index is 2.04. The van der Waals surface area contributed by atoms with E-state index in [1.807, 2.05) is 18.2 Å². The molecule has 0 aliphatic carbocycles. The van der Waals surface area contributed by atoms with Gasteiger partial charge in [-0.2, -0.15) is 0 Å². The van der Waals surface area contributed by atoms with Gasteiger partial charge in [0.25, 0.3) is 0 Å². The third kappa shape index (κ3) is 3.00. The number of nitrogens with zero attached hydrogens (tertiary/aromatic N) is 3. The molecule has 2 rings (SSSR count). The predicted molar refractivity (Wildman–Crippen MR) is 64.9 cm³/mol. The second-order valence-electron chi connectivity index (χ2n) is 3.43. The molecule has 0 unspecified atom stereocenters. The Morgan fingerprint density at radius 1 is 1.28 bits per heavy atom. The summed E-state index contributed by atoms with van der Waals surface area (Å²) in [7, 11) is 1.31. The summed E-state index contributed by atoms with van der Waals surface area (Å²) in [6, 6.07) is 7.13. The minimum absolute atomic E-state index is 0.219. The lowest BCUT2D eigenvalue weighted by Crippen LogP contribution is -2.09. The van der Waals surface area contributed by atoms with Crippen molar-refractivity contribution in [3.63, 3.8) is 0 Å². The molecule has 0 saturated carbocycles. The molecule has 2 aromatic rings. The molecule has 2 heterocycles. The first-order valence-electron chi connectivity index (χ1n) is 5.35. The van der Waals surface area contributed by atoms with Crippen LogP contribution in [0.25, 0.3) is 0 Å². The van der Waals surface area contributed by atoms with Gasteiger partial charge < -0.3 is 10.1 Å². The van der Waals surface area contributed by atoms with Crippen molar-refractivity contribution in [3.05, 3.63) is 48.0 Å². The van der Waals surface area contributed by atoms with Gasteiger partial charge in [-0.3, -0.25) is 4.98 Å². The lowest BCUT2D eigenvalue weighted by Gasteiger charge is -2.05. The Hall–Kier alpha value is -2.50. The highest BCUT2D eigenvalue weighted by Gasteiger charge is 2.08. The maximum atomic E-state index is 11.3. The zero-order chi connectivity index (χ0) is 12.8. The number of hydrogen-bond donors (Lipinski definition) is 1. The molecule has 2 aromatic heterocycles. The number of carbonyl (C=O) groups excluding carboxylic acids is 1. The van der Waals surface area contributed by atoms with Crippen molar-refractivity contribution in [2.24, 2.45) is 0 Å². The molecule has 6 nitrogen and oxygen atoms in total. The molecule has 0 amide bonds. The number of anilines is 1. The van der Waals surface area contributed by atoms with E-state index in [1.165, 1.54) is 19.4 Å². The maximum Gasteiger partial charge on any atom is 0.356 e. The summed E-state index contributed by atoms with van der Waals surface area (Å²) < 4.78 is 4.58. The number of rotatable bonds is 4. The van der Waals surface area contributed by atoms with E-state index in [0.29, 0.717) is 12.5 Å². The van der Waals surface area contributed by atoms with Gasteiger partial charge in [-0.15, -0.1) is 0 Å². The highest BCUT2D eigenvalue weighted by Crippen LogP contribution is 2.03. The van der Waals surface area contributed by atoms with Crippen LogP contribution in [-0.2, 0) is 11.3 Å². The maximum absolute atomic E-state index is 11.3. The van der Waals surface area contributed by atoms with E-state index in [0.717, 1.165) is 5.69 Å². The number of ether oxygens (including phenoxy) is 1. The topological polar surface area (TPSA) is 77.0 Å². The molecule has 0 aromatic carbocycles. The number of esters is 1. The van der Waals surface area contributed by atoms with Gasteiger partial charge in [0.15, 0.2) is 5.69 Å². The third-order valence-electron chi connectivity index (χ3n) is 2.20. The second-order valence-corrected chi connectivity index (χ2v) is 3.43. The molecule has 0 aliphatic rings. The molecule has 0 radical (unpaired) electrons. The van der Waals surface area contributed by atoms with Crippen molar-refractivity contribution in [2.45, 2.75) is 6.54 Å². The Morgan fingerprint density at radius 2 is 2.17 bits per heavy atom. The van der Waals surface area contributed by atoms with Gasteiger partial charge in [0.2, 0.25) is 5.95 Å². The summed E-state index contributed by atoms with van der Waals surface area (Å²) in [5.41, 5.74) is 1.08. The van der Waals surface area contributed by atoms with Crippen LogP contribution in [0.5, 0.6) is 0 Å². The van der Waals surface area contributed by atoms with Gasteiger partial charge in [-0.25, -0.2) is 14.8 Å². The second kappa shape index (κ2) is 5.72. The number of carbonyl (C=O) groups is 1. The smallest absolute Gasteiger partial charge is 0.356 e. The molecule has 0 fully saturated rings. The average Bonchev–Trinajstić information content (AvgIpc) is 2.45. The molecule has 0 bridgehead atoms. The van der Waals surface area contributed by atoms with Crippen molar-refractivity contribution in [2.75, 3.05) is 12.4 Å². The van der Waals surface area contributed by atoms with Gasteiger partial charge >= 0.3 is 5.97 Å². The minimum atomic E-state index is -0.488. The van der Waals surface area contributed by atoms with E-state index >= 15 is 0 Å². The van der Waals surface area contributed by atoms with Crippen LogP contribution >= 0.6 is 0 Å². The lowest BCUT2D eigenvalue weighted by atomic mass is 10.3. The first-order valence-corrected chi connectivity index (χ1v) is 5.35. The predicted octanol–water partition coefficient (Wildman–Crippen LogP) is 1.27. The molecule has 18 heavy (non-hydrogen) atoms. The van der Waals surface area contributed by atoms with Gasteiger partial charge in [-0.1, -0.05) is 6.07 Å². The number of hydrogen-bond acceptors (Lipinski definition) is 6. The standard InChI is InChI=1S/C12H12N4O2/c1-18-11(17)10-5-7-14-12(16-10)15-8-9-4-2-3-6-13-9/h2-7H,8H2,1H3,(H,14,15,16). The van der Waals surface area contributed by atoms with E-state index in [1.54, 1.807) is 6.20 Å². The van der Waals surface area contributed by atoms with E-state index in [9.17, 15) is 4.79 Å². The molecular weight excluding hydrogens is 232 g/mol. The van der Waals surface area contributed by atoms with E-state index in [-0.39, 0.29) is 5.69 Å². The first-order chi connectivity index (χ1) is 8.79. The fourth-order valence-corrected chi connectivity index (χ4v) is 1.33. The number of pyridine rings is 1. The molecule has 1 N–H and O–H groups in total. The third-order valence-corrected chi connectivity index (χ3v) is 2.20. The summed E-state index contributed by atoms with van der Waals surface area (Å²) in [5.74, 6) is -0.123. The molecule has 92 valence electrons. The number of methoxy groups -OCH3 is 1. The van der Waals surface area contributed by atoms with Crippen molar-refractivity contribution in [1.29, 1.82) is 0 Å². The number of aromatic nitrogens is 3. The van der Waals surface area contributed by atoms with Gasteiger partial charge in [0, 0.05) is 12.4 Å². The summed E-state index contributed by atoms with van der Waals surface area (Å²) >= 11 is 0. The normalized spacial score (nSPS) is 9.83. The number of nitrogens with one attached hydrogen (secondary N) is 1. The van der Waals surface area contributed by atoms with Crippen LogP contribution in [0.1, 0.15) is 16.2 Å². The fraction of sp³-hybridized carbons (Fsp3) is 0.167. The van der Waals surface area contributed by atoms with Crippen molar-refractivity contribution < 1.29 is 9.53 Å². The SMILES string of the molecule is COC(=O)c1ccnc(NCc2ccccn2)n1. The van der Waals surface area contributed by atoms with Crippen LogP contribution in [-0.4, -0.2) is 28.0 Å². The Kier molecular flexibility index (Phi) is 3.80. The molecule has 0 aliphatic heterocycles. The van der Waals surface area contributed by atoms with Crippen LogP contribution in [0.2, 0.25) is 0 Å². The largest absolute Gasteiger partial charge is 0.464 e. The zero-order valence-electron chi connectivity index (χ0n) is 9.83. The van der Waals surface area contributed by atoms with Gasteiger partial charge in [0.05, 0.1) is 19.3 Å². The Bertz CT molecular complexity index is 531. The van der Waals surface area contributed by atoms with Crippen LogP contribution < -0.4 is 5.32 Å². The van der Waals surface area contributed by atoms with E-state index in [2.05, 4.69) is 25.0 Å². The summed E-state index contributed by atoms with van der Waals surface area (Å²) in [6.07, 6.45) is 3.21. The van der Waals surface area contributed by atoms with E-state index < -0.39 is 5.97 Å². The van der Waals surface area contributed by atoms with Gasteiger partial charge in [-0.05, 0) is 18.2 Å². The van der Waals surface area contributed by atoms with Crippen molar-refractivity contribution in [1.82, 2.24) is 15.0 Å². The molecule has 0 spiro atoms. The summed E-state index contributed by atoms with van der Waals surface area (Å²) in [4.78, 5) is 23.5. The van der Waals surface area contributed by atoms with E-state index in [4.69, 9.17) is 0 Å². The summed E-state index contributed by atoms with van der Waals surface area (Å²) in [6.45, 7) is 0.492. The quantitative estimate of drug-likeness (QED) is 0.816. The van der Waals surface area contributed by atoms with Crippen LogP contribution in [0.15, 0.2) is 36.7 Å². The molecule has 0 saturated heterocycles. The highest BCUT2D eigenvalue weighted by molar-refractivity contribution is 5.87. The average molecular weight is 244 g/mol. The van der Waals surface area contributed by atoms with Crippen molar-refractivity contribution >= 4 is 11.9 Å². The van der Waals surface area contributed by atoms with Crippen LogP contribution in [0.3, 0.4) is 0 Å². The minimum Gasteiger partial charge on any atom is -0.464 e. The molecular formula is C12H12N4O2. The van der Waals surface area contributed by atoms with Crippen molar-refractivity contribution in [3.8, 4) is 0 Å². The summed E-state index contributed by atoms with van der Waals surface area (Å²) in [5, 5.41) is 2.99. The zero-order valence-corrected chi connectivity index (χ0v) is 9.83.